The molecule has 1 aromatic carbocycles. The average Bonchev–Trinajstić information content (AvgIpc) is 2.93. The van der Waals surface area contributed by atoms with Crippen LogP contribution < -0.4 is 5.73 Å². The first-order valence-electron chi connectivity index (χ1n) is 5.47. The van der Waals surface area contributed by atoms with Gasteiger partial charge in [0, 0.05) is 18.6 Å². The SMILES string of the molecule is Cn1nccc1C(N)c1cc2ccccc2o1. The lowest BCUT2D eigenvalue weighted by Gasteiger charge is -2.08. The van der Waals surface area contributed by atoms with Crippen molar-refractivity contribution in [1.82, 2.24) is 9.78 Å². The van der Waals surface area contributed by atoms with Crippen LogP contribution in [0.1, 0.15) is 17.5 Å². The Labute approximate surface area is 98.6 Å². The van der Waals surface area contributed by atoms with Crippen molar-refractivity contribution in [3.8, 4) is 0 Å². The standard InChI is InChI=1S/C13H13N3O/c1-16-10(6-7-15-16)13(14)12-8-9-4-2-3-5-11(9)17-12/h2-8,13H,14H2,1H3. The molecule has 0 aliphatic carbocycles. The van der Waals surface area contributed by atoms with E-state index in [2.05, 4.69) is 5.10 Å². The van der Waals surface area contributed by atoms with Gasteiger partial charge in [-0.05, 0) is 18.2 Å². The highest BCUT2D eigenvalue weighted by Crippen LogP contribution is 2.26. The van der Waals surface area contributed by atoms with Crippen LogP contribution >= 0.6 is 0 Å². The van der Waals surface area contributed by atoms with E-state index in [1.165, 1.54) is 0 Å². The Morgan fingerprint density at radius 1 is 1.29 bits per heavy atom. The van der Waals surface area contributed by atoms with E-state index in [1.807, 2.05) is 43.4 Å². The van der Waals surface area contributed by atoms with Crippen LogP contribution in [0.2, 0.25) is 0 Å². The maximum absolute atomic E-state index is 6.17. The number of furan rings is 1. The number of fused-ring (bicyclic) bond motifs is 1. The molecule has 3 aromatic rings. The van der Waals surface area contributed by atoms with Gasteiger partial charge in [-0.25, -0.2) is 0 Å². The molecule has 2 heterocycles. The van der Waals surface area contributed by atoms with Crippen LogP contribution in [0.4, 0.5) is 0 Å². The number of hydrogen-bond donors (Lipinski definition) is 1. The molecule has 1 atom stereocenters. The van der Waals surface area contributed by atoms with E-state index in [4.69, 9.17) is 10.2 Å². The van der Waals surface area contributed by atoms with Crippen LogP contribution in [0.25, 0.3) is 11.0 Å². The fourth-order valence-corrected chi connectivity index (χ4v) is 1.99. The molecule has 86 valence electrons. The van der Waals surface area contributed by atoms with Crippen molar-refractivity contribution in [2.75, 3.05) is 0 Å². The molecular formula is C13H13N3O. The highest BCUT2D eigenvalue weighted by Gasteiger charge is 2.16. The number of aryl methyl sites for hydroxylation is 1. The van der Waals surface area contributed by atoms with Crippen LogP contribution in [0.15, 0.2) is 47.0 Å². The van der Waals surface area contributed by atoms with E-state index in [1.54, 1.807) is 10.9 Å². The number of rotatable bonds is 2. The Hall–Kier alpha value is -2.07. The molecule has 0 aliphatic rings. The predicted octanol–water partition coefficient (Wildman–Crippen LogP) is 2.21. The quantitative estimate of drug-likeness (QED) is 0.730. The summed E-state index contributed by atoms with van der Waals surface area (Å²) in [4.78, 5) is 0. The van der Waals surface area contributed by atoms with Crippen molar-refractivity contribution >= 4 is 11.0 Å². The lowest BCUT2D eigenvalue weighted by Crippen LogP contribution is -2.15. The Morgan fingerprint density at radius 3 is 2.82 bits per heavy atom. The number of para-hydroxylation sites is 1. The first-order valence-corrected chi connectivity index (χ1v) is 5.47. The van der Waals surface area contributed by atoms with Gasteiger partial charge in [0.25, 0.3) is 0 Å². The van der Waals surface area contributed by atoms with E-state index in [0.29, 0.717) is 0 Å². The van der Waals surface area contributed by atoms with E-state index in [0.717, 1.165) is 22.4 Å². The summed E-state index contributed by atoms with van der Waals surface area (Å²) in [6.07, 6.45) is 1.73. The van der Waals surface area contributed by atoms with E-state index >= 15 is 0 Å². The number of nitrogens with zero attached hydrogens (tertiary/aromatic N) is 2. The highest BCUT2D eigenvalue weighted by molar-refractivity contribution is 5.77. The highest BCUT2D eigenvalue weighted by atomic mass is 16.3. The number of hydrogen-bond acceptors (Lipinski definition) is 3. The lowest BCUT2D eigenvalue weighted by molar-refractivity contribution is 0.509. The molecule has 4 nitrogen and oxygen atoms in total. The number of benzene rings is 1. The summed E-state index contributed by atoms with van der Waals surface area (Å²) in [5, 5.41) is 5.18. The zero-order chi connectivity index (χ0) is 11.8. The van der Waals surface area contributed by atoms with Gasteiger partial charge in [0.05, 0.1) is 5.69 Å². The maximum Gasteiger partial charge on any atom is 0.134 e. The van der Waals surface area contributed by atoms with Crippen molar-refractivity contribution < 1.29 is 4.42 Å². The monoisotopic (exact) mass is 227 g/mol. The summed E-state index contributed by atoms with van der Waals surface area (Å²) in [6, 6.07) is 11.5. The van der Waals surface area contributed by atoms with Gasteiger partial charge in [0.15, 0.2) is 0 Å². The zero-order valence-electron chi connectivity index (χ0n) is 9.50. The molecule has 3 rings (SSSR count). The number of nitrogens with two attached hydrogens (primary N) is 1. The van der Waals surface area contributed by atoms with E-state index < -0.39 is 0 Å². The normalized spacial score (nSPS) is 13.1. The van der Waals surface area contributed by atoms with Gasteiger partial charge in [-0.15, -0.1) is 0 Å². The lowest BCUT2D eigenvalue weighted by atomic mass is 10.1. The molecule has 0 radical (unpaired) electrons. The third-order valence-corrected chi connectivity index (χ3v) is 2.93. The van der Waals surface area contributed by atoms with Crippen LogP contribution in [0.5, 0.6) is 0 Å². The first kappa shape index (κ1) is 10.1. The minimum Gasteiger partial charge on any atom is -0.459 e. The summed E-state index contributed by atoms with van der Waals surface area (Å²) >= 11 is 0. The van der Waals surface area contributed by atoms with E-state index in [9.17, 15) is 0 Å². The van der Waals surface area contributed by atoms with Crippen molar-refractivity contribution in [1.29, 1.82) is 0 Å². The Kier molecular flexibility index (Phi) is 2.23. The molecule has 1 unspecified atom stereocenters. The third-order valence-electron chi connectivity index (χ3n) is 2.93. The number of aromatic nitrogens is 2. The molecule has 2 N–H and O–H groups in total. The Balaban J connectivity index is 2.07. The maximum atomic E-state index is 6.17. The predicted molar refractivity (Wildman–Crippen MR) is 65.5 cm³/mol. The minimum absolute atomic E-state index is 0.283. The van der Waals surface area contributed by atoms with Gasteiger partial charge >= 0.3 is 0 Å². The van der Waals surface area contributed by atoms with Crippen LogP contribution in [-0.4, -0.2) is 9.78 Å². The molecule has 0 fully saturated rings. The Bertz CT molecular complexity index is 620. The molecule has 0 aliphatic heterocycles. The van der Waals surface area contributed by atoms with Crippen LogP contribution in [0.3, 0.4) is 0 Å². The largest absolute Gasteiger partial charge is 0.459 e. The Morgan fingerprint density at radius 2 is 2.12 bits per heavy atom. The van der Waals surface area contributed by atoms with Crippen molar-refractivity contribution in [2.24, 2.45) is 12.8 Å². The molecule has 0 spiro atoms. The van der Waals surface area contributed by atoms with Crippen molar-refractivity contribution in [3.05, 3.63) is 54.0 Å². The van der Waals surface area contributed by atoms with Gasteiger partial charge in [-0.3, -0.25) is 4.68 Å². The summed E-state index contributed by atoms with van der Waals surface area (Å²) in [6.45, 7) is 0. The average molecular weight is 227 g/mol. The van der Waals surface area contributed by atoms with E-state index in [-0.39, 0.29) is 6.04 Å². The fraction of sp³-hybridized carbons (Fsp3) is 0.154. The van der Waals surface area contributed by atoms with Crippen LogP contribution in [0, 0.1) is 0 Å². The summed E-state index contributed by atoms with van der Waals surface area (Å²) in [5.74, 6) is 0.759. The van der Waals surface area contributed by atoms with Gasteiger partial charge in [0.2, 0.25) is 0 Å². The smallest absolute Gasteiger partial charge is 0.134 e. The molecule has 0 bridgehead atoms. The topological polar surface area (TPSA) is 57.0 Å². The molecule has 0 saturated carbocycles. The second kappa shape index (κ2) is 3.75. The van der Waals surface area contributed by atoms with Crippen molar-refractivity contribution in [2.45, 2.75) is 6.04 Å². The summed E-state index contributed by atoms with van der Waals surface area (Å²) in [7, 11) is 1.87. The zero-order valence-corrected chi connectivity index (χ0v) is 9.50. The van der Waals surface area contributed by atoms with Gasteiger partial charge in [-0.1, -0.05) is 18.2 Å². The van der Waals surface area contributed by atoms with Crippen LogP contribution in [-0.2, 0) is 7.05 Å². The second-order valence-electron chi connectivity index (χ2n) is 4.04. The van der Waals surface area contributed by atoms with Crippen molar-refractivity contribution in [3.63, 3.8) is 0 Å². The second-order valence-corrected chi connectivity index (χ2v) is 4.04. The summed E-state index contributed by atoms with van der Waals surface area (Å²) < 4.78 is 7.50. The minimum atomic E-state index is -0.283. The fourth-order valence-electron chi connectivity index (χ4n) is 1.99. The van der Waals surface area contributed by atoms with Gasteiger partial charge in [-0.2, -0.15) is 5.10 Å². The molecule has 4 heteroatoms. The van der Waals surface area contributed by atoms with Gasteiger partial charge in [0.1, 0.15) is 17.4 Å². The molecular weight excluding hydrogens is 214 g/mol. The summed E-state index contributed by atoms with van der Waals surface area (Å²) in [5.41, 5.74) is 7.97. The molecule has 0 saturated heterocycles. The molecule has 0 amide bonds. The molecule has 2 aromatic heterocycles. The first-order chi connectivity index (χ1) is 8.25. The van der Waals surface area contributed by atoms with Gasteiger partial charge < -0.3 is 10.2 Å². The molecule has 17 heavy (non-hydrogen) atoms. The third kappa shape index (κ3) is 1.62.